The van der Waals surface area contributed by atoms with Gasteiger partial charge < -0.3 is 10.1 Å². The zero-order valence-electron chi connectivity index (χ0n) is 19.3. The minimum Gasteiger partial charge on any atom is -0.494 e. The van der Waals surface area contributed by atoms with Crippen LogP contribution in [0.2, 0.25) is 0 Å². The number of carbonyl (C=O) groups excluding carboxylic acids is 1. The van der Waals surface area contributed by atoms with Gasteiger partial charge in [-0.2, -0.15) is 0 Å². The van der Waals surface area contributed by atoms with E-state index >= 15 is 0 Å². The van der Waals surface area contributed by atoms with Gasteiger partial charge in [-0.05, 0) is 68.4 Å². The van der Waals surface area contributed by atoms with Crippen molar-refractivity contribution in [2.45, 2.75) is 34.3 Å². The van der Waals surface area contributed by atoms with Crippen molar-refractivity contribution in [3.05, 3.63) is 114 Å². The van der Waals surface area contributed by atoms with Crippen LogP contribution in [0.4, 0.5) is 5.69 Å². The van der Waals surface area contributed by atoms with E-state index in [1.165, 1.54) is 10.5 Å². The number of aryl methyl sites for hydroxylation is 1. The molecular formula is C29H27NO2S2. The Morgan fingerprint density at radius 2 is 1.59 bits per heavy atom. The van der Waals surface area contributed by atoms with Crippen molar-refractivity contribution in [3.8, 4) is 5.75 Å². The molecule has 0 radical (unpaired) electrons. The summed E-state index contributed by atoms with van der Waals surface area (Å²) < 4.78 is 5.83. The maximum absolute atomic E-state index is 13.2. The van der Waals surface area contributed by atoms with Crippen molar-refractivity contribution in [1.29, 1.82) is 0 Å². The molecule has 4 aromatic carbocycles. The van der Waals surface area contributed by atoms with Gasteiger partial charge in [0.2, 0.25) is 0 Å². The van der Waals surface area contributed by atoms with Crippen LogP contribution in [0.5, 0.6) is 5.75 Å². The summed E-state index contributed by atoms with van der Waals surface area (Å²) in [5, 5.41) is 3.10. The van der Waals surface area contributed by atoms with E-state index in [0.29, 0.717) is 12.2 Å². The van der Waals surface area contributed by atoms with Crippen molar-refractivity contribution >= 4 is 35.1 Å². The first-order valence-corrected chi connectivity index (χ1v) is 13.0. The fraction of sp³-hybridized carbons (Fsp3) is 0.138. The van der Waals surface area contributed by atoms with Crippen molar-refractivity contribution < 1.29 is 9.53 Å². The predicted molar refractivity (Wildman–Crippen MR) is 143 cm³/mol. The summed E-state index contributed by atoms with van der Waals surface area (Å²) in [6.45, 7) is 4.64. The normalized spacial score (nSPS) is 10.6. The minimum atomic E-state index is -0.134. The first-order valence-electron chi connectivity index (χ1n) is 11.2. The highest BCUT2D eigenvalue weighted by molar-refractivity contribution is 7.99. The molecule has 1 N–H and O–H groups in total. The maximum atomic E-state index is 13.2. The third-order valence-corrected chi connectivity index (χ3v) is 7.29. The van der Waals surface area contributed by atoms with Gasteiger partial charge in [-0.3, -0.25) is 4.79 Å². The lowest BCUT2D eigenvalue weighted by Crippen LogP contribution is -2.13. The smallest absolute Gasteiger partial charge is 0.255 e. The molecule has 0 aromatic heterocycles. The van der Waals surface area contributed by atoms with Crippen molar-refractivity contribution in [2.24, 2.45) is 0 Å². The van der Waals surface area contributed by atoms with E-state index in [9.17, 15) is 4.79 Å². The van der Waals surface area contributed by atoms with E-state index in [1.807, 2.05) is 67.6 Å². The molecule has 0 atom stereocenters. The average Bonchev–Trinajstić information content (AvgIpc) is 2.86. The largest absolute Gasteiger partial charge is 0.494 e. The first-order chi connectivity index (χ1) is 16.6. The Kier molecular flexibility index (Phi) is 8.34. The quantitative estimate of drug-likeness (QED) is 0.243. The van der Waals surface area contributed by atoms with Crippen LogP contribution in [0, 0.1) is 6.92 Å². The highest BCUT2D eigenvalue weighted by Crippen LogP contribution is 2.34. The van der Waals surface area contributed by atoms with Gasteiger partial charge in [0.15, 0.2) is 0 Å². The van der Waals surface area contributed by atoms with Gasteiger partial charge in [0.1, 0.15) is 5.75 Å². The van der Waals surface area contributed by atoms with Crippen LogP contribution in [0.25, 0.3) is 0 Å². The molecule has 172 valence electrons. The highest BCUT2D eigenvalue weighted by atomic mass is 32.2. The van der Waals surface area contributed by atoms with Gasteiger partial charge in [0.05, 0.1) is 12.3 Å². The third-order valence-electron chi connectivity index (χ3n) is 5.14. The number of hydrogen-bond acceptors (Lipinski definition) is 4. The molecule has 0 spiro atoms. The monoisotopic (exact) mass is 485 g/mol. The standard InChI is InChI=1S/C29H27NO2S2/c1-3-32-27-18-15-22(19-23(27)20-33-24-16-13-21(2)14-17-24)29(31)30-26-11-7-8-12-28(26)34-25-9-5-4-6-10-25/h4-19H,3,20H2,1-2H3,(H,30,31). The average molecular weight is 486 g/mol. The lowest BCUT2D eigenvalue weighted by atomic mass is 10.1. The fourth-order valence-electron chi connectivity index (χ4n) is 3.39. The molecule has 1 amide bonds. The number of para-hydroxylation sites is 1. The van der Waals surface area contributed by atoms with E-state index in [2.05, 4.69) is 48.6 Å². The second kappa shape index (κ2) is 11.8. The topological polar surface area (TPSA) is 38.3 Å². The molecule has 0 aliphatic carbocycles. The number of thioether (sulfide) groups is 1. The number of nitrogens with one attached hydrogen (secondary N) is 1. The molecule has 4 rings (SSSR count). The number of hydrogen-bond donors (Lipinski definition) is 1. The molecule has 3 nitrogen and oxygen atoms in total. The molecular weight excluding hydrogens is 458 g/mol. The number of ether oxygens (including phenoxy) is 1. The van der Waals surface area contributed by atoms with Crippen LogP contribution >= 0.6 is 23.5 Å². The van der Waals surface area contributed by atoms with E-state index < -0.39 is 0 Å². The van der Waals surface area contributed by atoms with Gasteiger partial charge in [-0.1, -0.05) is 59.8 Å². The zero-order chi connectivity index (χ0) is 23.8. The van der Waals surface area contributed by atoms with Gasteiger partial charge >= 0.3 is 0 Å². The molecule has 0 heterocycles. The third kappa shape index (κ3) is 6.46. The Balaban J connectivity index is 1.52. The van der Waals surface area contributed by atoms with Crippen LogP contribution < -0.4 is 10.1 Å². The van der Waals surface area contributed by atoms with E-state index in [0.717, 1.165) is 32.5 Å². The van der Waals surface area contributed by atoms with Gasteiger partial charge in [0, 0.05) is 31.6 Å². The summed E-state index contributed by atoms with van der Waals surface area (Å²) in [6, 6.07) is 32.2. The number of anilines is 1. The van der Waals surface area contributed by atoms with E-state index in [4.69, 9.17) is 4.74 Å². The number of benzene rings is 4. The van der Waals surface area contributed by atoms with Gasteiger partial charge in [-0.15, -0.1) is 11.8 Å². The summed E-state index contributed by atoms with van der Waals surface area (Å²) in [6.07, 6.45) is 0. The van der Waals surface area contributed by atoms with Crippen LogP contribution in [-0.4, -0.2) is 12.5 Å². The SMILES string of the molecule is CCOc1ccc(C(=O)Nc2ccccc2Sc2ccccc2)cc1CSc1ccc(C)cc1. The molecule has 0 aliphatic heterocycles. The molecule has 34 heavy (non-hydrogen) atoms. The summed E-state index contributed by atoms with van der Waals surface area (Å²) >= 11 is 3.37. The Morgan fingerprint density at radius 3 is 2.35 bits per heavy atom. The van der Waals surface area contributed by atoms with E-state index in [-0.39, 0.29) is 5.91 Å². The van der Waals surface area contributed by atoms with Crippen LogP contribution in [0.3, 0.4) is 0 Å². The fourth-order valence-corrected chi connectivity index (χ4v) is 5.19. The molecule has 0 unspecified atom stereocenters. The lowest BCUT2D eigenvalue weighted by Gasteiger charge is -2.14. The molecule has 5 heteroatoms. The molecule has 4 aromatic rings. The minimum absolute atomic E-state index is 0.134. The second-order valence-electron chi connectivity index (χ2n) is 7.72. The van der Waals surface area contributed by atoms with Gasteiger partial charge in [0.25, 0.3) is 5.91 Å². The molecule has 0 aliphatic rings. The summed E-state index contributed by atoms with van der Waals surface area (Å²) in [5.74, 6) is 1.41. The number of amides is 1. The number of rotatable bonds is 9. The number of carbonyl (C=O) groups is 1. The molecule has 0 bridgehead atoms. The summed E-state index contributed by atoms with van der Waals surface area (Å²) in [7, 11) is 0. The van der Waals surface area contributed by atoms with Crippen LogP contribution in [-0.2, 0) is 5.75 Å². The Morgan fingerprint density at radius 1 is 0.853 bits per heavy atom. The lowest BCUT2D eigenvalue weighted by molar-refractivity contribution is 0.102. The first kappa shape index (κ1) is 24.0. The van der Waals surface area contributed by atoms with Crippen molar-refractivity contribution in [3.63, 3.8) is 0 Å². The molecule has 0 saturated carbocycles. The van der Waals surface area contributed by atoms with Crippen molar-refractivity contribution in [2.75, 3.05) is 11.9 Å². The zero-order valence-corrected chi connectivity index (χ0v) is 20.9. The highest BCUT2D eigenvalue weighted by Gasteiger charge is 2.13. The predicted octanol–water partition coefficient (Wildman–Crippen LogP) is 8.09. The maximum Gasteiger partial charge on any atom is 0.255 e. The van der Waals surface area contributed by atoms with Crippen molar-refractivity contribution in [1.82, 2.24) is 0 Å². The Labute approximate surface area is 209 Å². The Bertz CT molecular complexity index is 1240. The second-order valence-corrected chi connectivity index (χ2v) is 9.89. The molecule has 0 saturated heterocycles. The van der Waals surface area contributed by atoms with Crippen LogP contribution in [0.15, 0.2) is 112 Å². The van der Waals surface area contributed by atoms with E-state index in [1.54, 1.807) is 23.5 Å². The summed E-state index contributed by atoms with van der Waals surface area (Å²) in [5.41, 5.74) is 3.66. The van der Waals surface area contributed by atoms with Gasteiger partial charge in [-0.25, -0.2) is 0 Å². The molecule has 0 fully saturated rings. The summed E-state index contributed by atoms with van der Waals surface area (Å²) in [4.78, 5) is 16.5. The Hall–Kier alpha value is -3.15. The van der Waals surface area contributed by atoms with Crippen LogP contribution in [0.1, 0.15) is 28.4 Å².